The third-order valence-corrected chi connectivity index (χ3v) is 4.70. The van der Waals surface area contributed by atoms with E-state index in [-0.39, 0.29) is 0 Å². The van der Waals surface area contributed by atoms with Crippen LogP contribution in [0.15, 0.2) is 0 Å². The molecule has 1 heterocycles. The standard InChI is InChI=1S/C13H24N2/c1-12(5-6-12)9-15-8-7-14-13(2,10-15)11-3-4-11/h11,14H,3-10H2,1-2H3. The molecule has 1 unspecified atom stereocenters. The van der Waals surface area contributed by atoms with Gasteiger partial charge in [-0.05, 0) is 43.9 Å². The maximum absolute atomic E-state index is 3.75. The molecule has 3 rings (SSSR count). The van der Waals surface area contributed by atoms with Crippen molar-refractivity contribution in [2.45, 2.75) is 45.1 Å². The number of hydrogen-bond donors (Lipinski definition) is 1. The van der Waals surface area contributed by atoms with Gasteiger partial charge in [-0.15, -0.1) is 0 Å². The average Bonchev–Trinajstić information content (AvgIpc) is 2.99. The predicted octanol–water partition coefficient (Wildman–Crippen LogP) is 1.86. The minimum atomic E-state index is 0.434. The van der Waals surface area contributed by atoms with Crippen LogP contribution in [0.1, 0.15) is 39.5 Å². The zero-order valence-electron chi connectivity index (χ0n) is 10.2. The van der Waals surface area contributed by atoms with E-state index in [0.29, 0.717) is 11.0 Å². The summed E-state index contributed by atoms with van der Waals surface area (Å²) in [6, 6.07) is 0. The van der Waals surface area contributed by atoms with E-state index in [9.17, 15) is 0 Å². The van der Waals surface area contributed by atoms with Gasteiger partial charge >= 0.3 is 0 Å². The van der Waals surface area contributed by atoms with Crippen LogP contribution in [0.5, 0.6) is 0 Å². The summed E-state index contributed by atoms with van der Waals surface area (Å²) in [4.78, 5) is 2.71. The quantitative estimate of drug-likeness (QED) is 0.761. The van der Waals surface area contributed by atoms with Gasteiger partial charge in [0.15, 0.2) is 0 Å². The fraction of sp³-hybridized carbons (Fsp3) is 1.00. The lowest BCUT2D eigenvalue weighted by atomic mass is 9.92. The molecule has 0 radical (unpaired) electrons. The highest BCUT2D eigenvalue weighted by Crippen LogP contribution is 2.46. The molecule has 2 heteroatoms. The highest BCUT2D eigenvalue weighted by molar-refractivity contribution is 5.03. The lowest BCUT2D eigenvalue weighted by molar-refractivity contribution is 0.110. The van der Waals surface area contributed by atoms with Crippen molar-refractivity contribution in [3.05, 3.63) is 0 Å². The van der Waals surface area contributed by atoms with Gasteiger partial charge in [0.25, 0.3) is 0 Å². The molecule has 2 aliphatic carbocycles. The van der Waals surface area contributed by atoms with E-state index < -0.39 is 0 Å². The van der Waals surface area contributed by atoms with Gasteiger partial charge in [0.2, 0.25) is 0 Å². The molecule has 1 atom stereocenters. The van der Waals surface area contributed by atoms with Crippen LogP contribution in [0, 0.1) is 11.3 Å². The molecule has 3 aliphatic rings. The van der Waals surface area contributed by atoms with E-state index in [1.165, 1.54) is 51.9 Å². The summed E-state index contributed by atoms with van der Waals surface area (Å²) in [5.41, 5.74) is 1.12. The van der Waals surface area contributed by atoms with Crippen molar-refractivity contribution in [2.24, 2.45) is 11.3 Å². The molecule has 0 amide bonds. The van der Waals surface area contributed by atoms with Gasteiger partial charge in [0, 0.05) is 31.7 Å². The SMILES string of the molecule is CC1(CN2CCNC(C)(C3CC3)C2)CC1. The van der Waals surface area contributed by atoms with Crippen molar-refractivity contribution >= 4 is 0 Å². The second-order valence-corrected chi connectivity index (χ2v) is 6.64. The largest absolute Gasteiger partial charge is 0.309 e. The summed E-state index contributed by atoms with van der Waals surface area (Å²) in [6.45, 7) is 9.97. The number of nitrogens with one attached hydrogen (secondary N) is 1. The highest BCUT2D eigenvalue weighted by atomic mass is 15.2. The molecule has 0 aromatic heterocycles. The van der Waals surface area contributed by atoms with Gasteiger partial charge in [-0.2, -0.15) is 0 Å². The Morgan fingerprint density at radius 2 is 2.00 bits per heavy atom. The van der Waals surface area contributed by atoms with Crippen LogP contribution >= 0.6 is 0 Å². The molecule has 0 bridgehead atoms. The van der Waals surface area contributed by atoms with Crippen molar-refractivity contribution < 1.29 is 0 Å². The first-order valence-electron chi connectivity index (χ1n) is 6.57. The fourth-order valence-electron chi connectivity index (χ4n) is 3.14. The van der Waals surface area contributed by atoms with Gasteiger partial charge < -0.3 is 5.32 Å². The normalized spacial score (nSPS) is 40.4. The minimum absolute atomic E-state index is 0.434. The number of nitrogens with zero attached hydrogens (tertiary/aromatic N) is 1. The van der Waals surface area contributed by atoms with Gasteiger partial charge in [0.1, 0.15) is 0 Å². The first-order valence-corrected chi connectivity index (χ1v) is 6.57. The number of piperazine rings is 1. The maximum Gasteiger partial charge on any atom is 0.0309 e. The van der Waals surface area contributed by atoms with E-state index in [1.54, 1.807) is 0 Å². The lowest BCUT2D eigenvalue weighted by Crippen LogP contribution is -2.60. The van der Waals surface area contributed by atoms with Gasteiger partial charge in [-0.3, -0.25) is 4.90 Å². The molecule has 1 aliphatic heterocycles. The van der Waals surface area contributed by atoms with Crippen LogP contribution in [-0.4, -0.2) is 36.6 Å². The Morgan fingerprint density at radius 3 is 2.60 bits per heavy atom. The molecule has 15 heavy (non-hydrogen) atoms. The van der Waals surface area contributed by atoms with Crippen molar-refractivity contribution in [2.75, 3.05) is 26.2 Å². The van der Waals surface area contributed by atoms with E-state index >= 15 is 0 Å². The molecule has 3 fully saturated rings. The van der Waals surface area contributed by atoms with Crippen LogP contribution in [0.2, 0.25) is 0 Å². The van der Waals surface area contributed by atoms with Crippen LogP contribution < -0.4 is 5.32 Å². The van der Waals surface area contributed by atoms with Crippen molar-refractivity contribution in [1.82, 2.24) is 10.2 Å². The topological polar surface area (TPSA) is 15.3 Å². The molecule has 2 saturated carbocycles. The zero-order chi connectivity index (χ0) is 10.5. The van der Waals surface area contributed by atoms with Crippen molar-refractivity contribution in [3.63, 3.8) is 0 Å². The van der Waals surface area contributed by atoms with Gasteiger partial charge in [-0.1, -0.05) is 6.92 Å². The van der Waals surface area contributed by atoms with Crippen LogP contribution in [-0.2, 0) is 0 Å². The van der Waals surface area contributed by atoms with Crippen LogP contribution in [0.25, 0.3) is 0 Å². The molecular formula is C13H24N2. The summed E-state index contributed by atoms with van der Waals surface area (Å²) < 4.78 is 0. The third kappa shape index (κ3) is 2.07. The van der Waals surface area contributed by atoms with E-state index in [0.717, 1.165) is 5.92 Å². The monoisotopic (exact) mass is 208 g/mol. The van der Waals surface area contributed by atoms with E-state index in [1.807, 2.05) is 0 Å². The molecule has 0 spiro atoms. The molecule has 1 N–H and O–H groups in total. The second kappa shape index (κ2) is 3.21. The summed E-state index contributed by atoms with van der Waals surface area (Å²) in [5, 5.41) is 3.75. The smallest absolute Gasteiger partial charge is 0.0309 e. The predicted molar refractivity (Wildman–Crippen MR) is 62.9 cm³/mol. The molecular weight excluding hydrogens is 184 g/mol. The number of rotatable bonds is 3. The first-order chi connectivity index (χ1) is 7.10. The molecule has 0 aromatic rings. The summed E-state index contributed by atoms with van der Waals surface area (Å²) in [6.07, 6.45) is 5.82. The molecule has 1 saturated heterocycles. The van der Waals surface area contributed by atoms with Crippen molar-refractivity contribution in [1.29, 1.82) is 0 Å². The molecule has 2 nitrogen and oxygen atoms in total. The molecule has 86 valence electrons. The lowest BCUT2D eigenvalue weighted by Gasteiger charge is -2.43. The zero-order valence-corrected chi connectivity index (χ0v) is 10.2. The van der Waals surface area contributed by atoms with Gasteiger partial charge in [-0.25, -0.2) is 0 Å². The summed E-state index contributed by atoms with van der Waals surface area (Å²) >= 11 is 0. The Morgan fingerprint density at radius 1 is 1.27 bits per heavy atom. The number of hydrogen-bond acceptors (Lipinski definition) is 2. The highest BCUT2D eigenvalue weighted by Gasteiger charge is 2.46. The second-order valence-electron chi connectivity index (χ2n) is 6.64. The minimum Gasteiger partial charge on any atom is -0.309 e. The van der Waals surface area contributed by atoms with E-state index in [2.05, 4.69) is 24.1 Å². The Bertz CT molecular complexity index is 255. The van der Waals surface area contributed by atoms with E-state index in [4.69, 9.17) is 0 Å². The average molecular weight is 208 g/mol. The Hall–Kier alpha value is -0.0800. The first kappa shape index (κ1) is 10.1. The van der Waals surface area contributed by atoms with Crippen molar-refractivity contribution in [3.8, 4) is 0 Å². The van der Waals surface area contributed by atoms with Crippen LogP contribution in [0.3, 0.4) is 0 Å². The molecule has 0 aromatic carbocycles. The Labute approximate surface area is 93.4 Å². The van der Waals surface area contributed by atoms with Crippen LogP contribution in [0.4, 0.5) is 0 Å². The Kier molecular flexibility index (Phi) is 2.16. The maximum atomic E-state index is 3.75. The summed E-state index contributed by atoms with van der Waals surface area (Å²) in [7, 11) is 0. The van der Waals surface area contributed by atoms with Gasteiger partial charge in [0.05, 0.1) is 0 Å². The Balaban J connectivity index is 1.60. The third-order valence-electron chi connectivity index (χ3n) is 4.70. The fourth-order valence-corrected chi connectivity index (χ4v) is 3.14. The summed E-state index contributed by atoms with van der Waals surface area (Å²) in [5.74, 6) is 0.965.